The van der Waals surface area contributed by atoms with Crippen molar-refractivity contribution in [2.24, 2.45) is 5.92 Å². The molecule has 2 aliphatic carbocycles. The molecule has 0 amide bonds. The number of hydrogen-bond donors (Lipinski definition) is 0. The van der Waals surface area contributed by atoms with E-state index in [2.05, 4.69) is 13.8 Å². The van der Waals surface area contributed by atoms with Gasteiger partial charge in [-0.1, -0.05) is 51.4 Å². The molecule has 0 atom stereocenters. The highest BCUT2D eigenvalue weighted by molar-refractivity contribution is 6.69. The van der Waals surface area contributed by atoms with Crippen molar-refractivity contribution in [3.63, 3.8) is 0 Å². The minimum Gasteiger partial charge on any atom is -0.394 e. The van der Waals surface area contributed by atoms with Gasteiger partial charge in [0.05, 0.1) is 0 Å². The maximum Gasteiger partial charge on any atom is 0.341 e. The first kappa shape index (κ1) is 16.5. The topological polar surface area (TPSA) is 18.5 Å². The second-order valence-corrected chi connectivity index (χ2v) is 10.1. The summed E-state index contributed by atoms with van der Waals surface area (Å²) in [7, 11) is -1.98. The first-order valence-electron chi connectivity index (χ1n) is 9.08. The molecule has 0 radical (unpaired) electrons. The normalized spacial score (nSPS) is 23.1. The van der Waals surface area contributed by atoms with Crippen LogP contribution in [0.15, 0.2) is 0 Å². The number of hydrogen-bond acceptors (Lipinski definition) is 2. The molecular formula is C17H34O2Si. The lowest BCUT2D eigenvalue weighted by atomic mass is 9.91. The van der Waals surface area contributed by atoms with Crippen LogP contribution in [0.25, 0.3) is 0 Å². The van der Waals surface area contributed by atoms with Gasteiger partial charge in [0, 0.05) is 18.8 Å². The van der Waals surface area contributed by atoms with Crippen molar-refractivity contribution in [3.05, 3.63) is 0 Å². The summed E-state index contributed by atoms with van der Waals surface area (Å²) in [5.74, 6) is 0.885. The van der Waals surface area contributed by atoms with E-state index in [9.17, 15) is 0 Å². The van der Waals surface area contributed by atoms with Crippen LogP contribution < -0.4 is 0 Å². The molecule has 118 valence electrons. The Hall–Kier alpha value is 0.137. The average molecular weight is 299 g/mol. The van der Waals surface area contributed by atoms with E-state index in [0.717, 1.165) is 24.7 Å². The summed E-state index contributed by atoms with van der Waals surface area (Å²) in [6.45, 7) is 6.00. The van der Waals surface area contributed by atoms with E-state index in [4.69, 9.17) is 8.85 Å². The number of rotatable bonds is 7. The molecule has 0 aromatic heterocycles. The van der Waals surface area contributed by atoms with Crippen molar-refractivity contribution < 1.29 is 8.85 Å². The van der Waals surface area contributed by atoms with Crippen LogP contribution in [0.3, 0.4) is 0 Å². The van der Waals surface area contributed by atoms with Gasteiger partial charge in [-0.25, -0.2) is 0 Å². The van der Waals surface area contributed by atoms with Crippen LogP contribution in [-0.4, -0.2) is 21.8 Å². The summed E-state index contributed by atoms with van der Waals surface area (Å²) in [6, 6.07) is 1.28. The highest BCUT2D eigenvalue weighted by Gasteiger charge is 2.47. The highest BCUT2D eigenvalue weighted by Crippen LogP contribution is 2.44. The lowest BCUT2D eigenvalue weighted by Crippen LogP contribution is -2.49. The third-order valence-electron chi connectivity index (χ3n) is 5.30. The smallest absolute Gasteiger partial charge is 0.341 e. The molecule has 0 aromatic carbocycles. The molecule has 0 unspecified atom stereocenters. The van der Waals surface area contributed by atoms with E-state index in [1.165, 1.54) is 70.3 Å². The Labute approximate surface area is 126 Å². The molecule has 2 aliphatic rings. The lowest BCUT2D eigenvalue weighted by molar-refractivity contribution is 0.155. The molecule has 2 fully saturated rings. The summed E-state index contributed by atoms with van der Waals surface area (Å²) in [4.78, 5) is 0. The zero-order valence-electron chi connectivity index (χ0n) is 13.7. The van der Waals surface area contributed by atoms with Crippen LogP contribution >= 0.6 is 0 Å². The quantitative estimate of drug-likeness (QED) is 0.585. The van der Waals surface area contributed by atoms with E-state index < -0.39 is 8.56 Å². The largest absolute Gasteiger partial charge is 0.394 e. The van der Waals surface area contributed by atoms with Crippen LogP contribution in [0.1, 0.15) is 78.1 Å². The summed E-state index contributed by atoms with van der Waals surface area (Å²) in [6.07, 6.45) is 14.1. The fraction of sp³-hybridized carbons (Fsp3) is 1.00. The summed E-state index contributed by atoms with van der Waals surface area (Å²) in [5, 5.41) is 0. The zero-order chi connectivity index (χ0) is 14.3. The van der Waals surface area contributed by atoms with E-state index in [1.54, 1.807) is 0 Å². The van der Waals surface area contributed by atoms with Gasteiger partial charge in [-0.3, -0.25) is 0 Å². The van der Waals surface area contributed by atoms with Crippen LogP contribution in [0, 0.1) is 5.92 Å². The van der Waals surface area contributed by atoms with Crippen molar-refractivity contribution in [1.82, 2.24) is 0 Å². The molecule has 3 heteroatoms. The predicted octanol–water partition coefficient (Wildman–Crippen LogP) is 5.42. The van der Waals surface area contributed by atoms with Gasteiger partial charge in [-0.05, 0) is 38.7 Å². The SMILES string of the molecule is CCO[Si](CC1CCCCC1)(OCC)C1CCCCC1. The molecule has 0 saturated heterocycles. The first-order valence-corrected chi connectivity index (χ1v) is 11.2. The Kier molecular flexibility index (Phi) is 7.06. The molecule has 0 N–H and O–H groups in total. The Morgan fingerprint density at radius 2 is 1.25 bits per heavy atom. The molecular weight excluding hydrogens is 264 g/mol. The fourth-order valence-corrected chi connectivity index (χ4v) is 8.99. The minimum absolute atomic E-state index is 0.762. The van der Waals surface area contributed by atoms with Crippen molar-refractivity contribution >= 4 is 8.56 Å². The van der Waals surface area contributed by atoms with Crippen molar-refractivity contribution in [3.8, 4) is 0 Å². The Morgan fingerprint density at radius 3 is 1.75 bits per heavy atom. The molecule has 20 heavy (non-hydrogen) atoms. The molecule has 2 saturated carbocycles. The van der Waals surface area contributed by atoms with Gasteiger partial charge in [-0.15, -0.1) is 0 Å². The van der Waals surface area contributed by atoms with Crippen molar-refractivity contribution in [1.29, 1.82) is 0 Å². The van der Waals surface area contributed by atoms with Crippen molar-refractivity contribution in [2.75, 3.05) is 13.2 Å². The van der Waals surface area contributed by atoms with Crippen molar-refractivity contribution in [2.45, 2.75) is 89.6 Å². The second-order valence-electron chi connectivity index (χ2n) is 6.72. The van der Waals surface area contributed by atoms with Crippen LogP contribution in [0.4, 0.5) is 0 Å². The molecule has 0 spiro atoms. The fourth-order valence-electron chi connectivity index (χ4n) is 4.39. The van der Waals surface area contributed by atoms with Crippen LogP contribution in [-0.2, 0) is 8.85 Å². The standard InChI is InChI=1S/C17H34O2Si/c1-3-18-20(19-4-2,17-13-9-6-10-14-17)15-16-11-7-5-8-12-16/h16-17H,3-15H2,1-2H3. The maximum atomic E-state index is 6.43. The van der Waals surface area contributed by atoms with Gasteiger partial charge in [0.1, 0.15) is 0 Å². The lowest BCUT2D eigenvalue weighted by Gasteiger charge is -2.41. The van der Waals surface area contributed by atoms with Crippen LogP contribution in [0.5, 0.6) is 0 Å². The highest BCUT2D eigenvalue weighted by atomic mass is 28.4. The molecule has 0 heterocycles. The summed E-state index contributed by atoms with van der Waals surface area (Å²) in [5.41, 5.74) is 0.762. The summed E-state index contributed by atoms with van der Waals surface area (Å²) >= 11 is 0. The molecule has 2 rings (SSSR count). The molecule has 0 aromatic rings. The zero-order valence-corrected chi connectivity index (χ0v) is 14.7. The Morgan fingerprint density at radius 1 is 0.750 bits per heavy atom. The van der Waals surface area contributed by atoms with Gasteiger partial charge in [0.25, 0.3) is 0 Å². The third kappa shape index (κ3) is 4.31. The van der Waals surface area contributed by atoms with Gasteiger partial charge in [0.2, 0.25) is 0 Å². The Balaban J connectivity index is 2.06. The van der Waals surface area contributed by atoms with E-state index in [-0.39, 0.29) is 0 Å². The van der Waals surface area contributed by atoms with Gasteiger partial charge >= 0.3 is 8.56 Å². The monoisotopic (exact) mass is 298 g/mol. The second kappa shape index (κ2) is 8.55. The minimum atomic E-state index is -1.98. The van der Waals surface area contributed by atoms with Gasteiger partial charge in [-0.2, -0.15) is 0 Å². The summed E-state index contributed by atoms with van der Waals surface area (Å²) < 4.78 is 12.9. The van der Waals surface area contributed by atoms with Gasteiger partial charge < -0.3 is 8.85 Å². The predicted molar refractivity (Wildman–Crippen MR) is 87.2 cm³/mol. The van der Waals surface area contributed by atoms with E-state index >= 15 is 0 Å². The third-order valence-corrected chi connectivity index (χ3v) is 9.82. The van der Waals surface area contributed by atoms with Gasteiger partial charge in [0.15, 0.2) is 0 Å². The molecule has 0 aliphatic heterocycles. The van der Waals surface area contributed by atoms with Crippen LogP contribution in [0.2, 0.25) is 11.6 Å². The maximum absolute atomic E-state index is 6.43. The first-order chi connectivity index (χ1) is 9.80. The van der Waals surface area contributed by atoms with E-state index in [1.807, 2.05) is 0 Å². The Bertz CT molecular complexity index is 252. The molecule has 2 nitrogen and oxygen atoms in total. The average Bonchev–Trinajstić information content (AvgIpc) is 2.49. The molecule has 0 bridgehead atoms. The van der Waals surface area contributed by atoms with E-state index in [0.29, 0.717) is 0 Å².